The summed E-state index contributed by atoms with van der Waals surface area (Å²) in [4.78, 5) is 0. The van der Waals surface area contributed by atoms with Gasteiger partial charge in [0.15, 0.2) is 0 Å². The number of benzene rings is 1. The average molecular weight is 200 g/mol. The van der Waals surface area contributed by atoms with Crippen molar-refractivity contribution in [3.63, 3.8) is 0 Å². The number of nitrogens with two attached hydrogens (primary N) is 1. The molecule has 1 fully saturated rings. The standard InChI is InChI=1S/C10H11ClFN/c1-6-5-10(6,13)9-7(11)3-2-4-8(9)12/h2-4,6H,5,13H2,1H3. The molecule has 0 radical (unpaired) electrons. The SMILES string of the molecule is CC1CC1(N)c1c(F)cccc1Cl. The van der Waals surface area contributed by atoms with Crippen molar-refractivity contribution in [1.82, 2.24) is 0 Å². The maximum Gasteiger partial charge on any atom is 0.129 e. The highest BCUT2D eigenvalue weighted by molar-refractivity contribution is 6.31. The van der Waals surface area contributed by atoms with E-state index in [1.54, 1.807) is 12.1 Å². The van der Waals surface area contributed by atoms with Crippen LogP contribution in [0.5, 0.6) is 0 Å². The third-order valence-corrected chi connectivity index (χ3v) is 3.11. The predicted octanol–water partition coefficient (Wildman–Crippen LogP) is 2.67. The maximum atomic E-state index is 13.4. The number of halogens is 2. The summed E-state index contributed by atoms with van der Waals surface area (Å²) in [5, 5.41) is 0.437. The molecule has 0 spiro atoms. The topological polar surface area (TPSA) is 26.0 Å². The zero-order chi connectivity index (χ0) is 9.64. The van der Waals surface area contributed by atoms with Crippen LogP contribution in [0.4, 0.5) is 4.39 Å². The molecule has 13 heavy (non-hydrogen) atoms. The molecule has 1 aliphatic rings. The summed E-state index contributed by atoms with van der Waals surface area (Å²) in [6.45, 7) is 2.00. The van der Waals surface area contributed by atoms with E-state index in [1.807, 2.05) is 6.92 Å². The Morgan fingerprint density at radius 1 is 1.62 bits per heavy atom. The molecular formula is C10H11ClFN. The zero-order valence-corrected chi connectivity index (χ0v) is 8.11. The highest BCUT2D eigenvalue weighted by Crippen LogP contribution is 2.51. The largest absolute Gasteiger partial charge is 0.321 e. The fraction of sp³-hybridized carbons (Fsp3) is 0.400. The van der Waals surface area contributed by atoms with Crippen molar-refractivity contribution in [1.29, 1.82) is 0 Å². The zero-order valence-electron chi connectivity index (χ0n) is 7.35. The summed E-state index contributed by atoms with van der Waals surface area (Å²) in [7, 11) is 0. The summed E-state index contributed by atoms with van der Waals surface area (Å²) in [5.74, 6) is 0.0289. The Hall–Kier alpha value is -0.600. The molecule has 0 bridgehead atoms. The van der Waals surface area contributed by atoms with E-state index in [0.29, 0.717) is 16.5 Å². The van der Waals surface area contributed by atoms with Crippen LogP contribution in [0.15, 0.2) is 18.2 Å². The van der Waals surface area contributed by atoms with Crippen molar-refractivity contribution >= 4 is 11.6 Å². The normalized spacial score (nSPS) is 31.8. The van der Waals surface area contributed by atoms with Gasteiger partial charge < -0.3 is 5.73 Å². The second kappa shape index (κ2) is 2.69. The van der Waals surface area contributed by atoms with Gasteiger partial charge in [-0.25, -0.2) is 4.39 Å². The van der Waals surface area contributed by atoms with Gasteiger partial charge in [-0.1, -0.05) is 24.6 Å². The molecular weight excluding hydrogens is 189 g/mol. The molecule has 2 unspecified atom stereocenters. The highest BCUT2D eigenvalue weighted by atomic mass is 35.5. The Labute approximate surface area is 81.7 Å². The van der Waals surface area contributed by atoms with E-state index in [9.17, 15) is 4.39 Å². The van der Waals surface area contributed by atoms with Crippen molar-refractivity contribution in [3.05, 3.63) is 34.6 Å². The van der Waals surface area contributed by atoms with E-state index in [1.165, 1.54) is 6.07 Å². The first-order valence-corrected chi connectivity index (χ1v) is 4.67. The van der Waals surface area contributed by atoms with Crippen molar-refractivity contribution < 1.29 is 4.39 Å². The first-order chi connectivity index (χ1) is 6.05. The van der Waals surface area contributed by atoms with Crippen LogP contribution in [0.25, 0.3) is 0 Å². The van der Waals surface area contributed by atoms with Gasteiger partial charge in [0.05, 0.1) is 0 Å². The van der Waals surface area contributed by atoms with Crippen molar-refractivity contribution in [2.75, 3.05) is 0 Å². The minimum absolute atomic E-state index is 0.292. The van der Waals surface area contributed by atoms with Crippen molar-refractivity contribution in [3.8, 4) is 0 Å². The fourth-order valence-electron chi connectivity index (χ4n) is 1.74. The second-order valence-corrected chi connectivity index (χ2v) is 4.15. The van der Waals surface area contributed by atoms with E-state index in [4.69, 9.17) is 17.3 Å². The van der Waals surface area contributed by atoms with Crippen LogP contribution >= 0.6 is 11.6 Å². The van der Waals surface area contributed by atoms with Gasteiger partial charge in [-0.05, 0) is 24.5 Å². The summed E-state index contributed by atoms with van der Waals surface area (Å²) >= 11 is 5.90. The Bertz CT molecular complexity index is 333. The summed E-state index contributed by atoms with van der Waals surface area (Å²) in [5.41, 5.74) is 5.94. The molecule has 1 aromatic carbocycles. The van der Waals surface area contributed by atoms with Crippen LogP contribution in [-0.4, -0.2) is 0 Å². The van der Waals surface area contributed by atoms with Gasteiger partial charge in [0.1, 0.15) is 5.82 Å². The van der Waals surface area contributed by atoms with E-state index in [0.717, 1.165) is 6.42 Å². The van der Waals surface area contributed by atoms with Gasteiger partial charge in [-0.15, -0.1) is 0 Å². The quantitative estimate of drug-likeness (QED) is 0.740. The maximum absolute atomic E-state index is 13.4. The Morgan fingerprint density at radius 3 is 2.69 bits per heavy atom. The summed E-state index contributed by atoms with van der Waals surface area (Å²) in [6, 6.07) is 4.68. The van der Waals surface area contributed by atoms with Gasteiger partial charge in [-0.2, -0.15) is 0 Å². The second-order valence-electron chi connectivity index (χ2n) is 3.74. The third-order valence-electron chi connectivity index (χ3n) is 2.79. The molecule has 1 aromatic rings. The molecule has 0 aliphatic heterocycles. The number of hydrogen-bond donors (Lipinski definition) is 1. The molecule has 70 valence electrons. The molecule has 0 saturated heterocycles. The lowest BCUT2D eigenvalue weighted by atomic mass is 10.0. The number of rotatable bonds is 1. The van der Waals surface area contributed by atoms with Gasteiger partial charge in [0, 0.05) is 16.1 Å². The lowest BCUT2D eigenvalue weighted by Crippen LogP contribution is -2.23. The molecule has 1 saturated carbocycles. The van der Waals surface area contributed by atoms with E-state index in [-0.39, 0.29) is 5.82 Å². The predicted molar refractivity (Wildman–Crippen MR) is 51.1 cm³/mol. The van der Waals surface area contributed by atoms with Gasteiger partial charge in [-0.3, -0.25) is 0 Å². The first kappa shape index (κ1) is 8.97. The lowest BCUT2D eigenvalue weighted by molar-refractivity contribution is 0.561. The molecule has 1 aliphatic carbocycles. The van der Waals surface area contributed by atoms with E-state index >= 15 is 0 Å². The Kier molecular flexibility index (Phi) is 1.86. The Balaban J connectivity index is 2.52. The highest BCUT2D eigenvalue weighted by Gasteiger charge is 2.51. The average Bonchev–Trinajstić information content (AvgIpc) is 2.59. The molecule has 2 rings (SSSR count). The van der Waals surface area contributed by atoms with Crippen LogP contribution in [-0.2, 0) is 5.54 Å². The first-order valence-electron chi connectivity index (χ1n) is 4.29. The van der Waals surface area contributed by atoms with Crippen LogP contribution in [0.2, 0.25) is 5.02 Å². The van der Waals surface area contributed by atoms with Crippen LogP contribution in [0, 0.1) is 11.7 Å². The molecule has 3 heteroatoms. The third kappa shape index (κ3) is 1.25. The molecule has 1 nitrogen and oxygen atoms in total. The summed E-state index contributed by atoms with van der Waals surface area (Å²) in [6.07, 6.45) is 0.813. The van der Waals surface area contributed by atoms with Crippen LogP contribution in [0.3, 0.4) is 0 Å². The van der Waals surface area contributed by atoms with Crippen LogP contribution in [0.1, 0.15) is 18.9 Å². The van der Waals surface area contributed by atoms with E-state index < -0.39 is 5.54 Å². The fourth-order valence-corrected chi connectivity index (χ4v) is 2.08. The number of hydrogen-bond acceptors (Lipinski definition) is 1. The Morgan fingerprint density at radius 2 is 2.23 bits per heavy atom. The van der Waals surface area contributed by atoms with Gasteiger partial charge in [0.2, 0.25) is 0 Å². The minimum atomic E-state index is -0.525. The van der Waals surface area contributed by atoms with Gasteiger partial charge in [0.25, 0.3) is 0 Å². The molecule has 0 aromatic heterocycles. The van der Waals surface area contributed by atoms with Crippen molar-refractivity contribution in [2.45, 2.75) is 18.9 Å². The minimum Gasteiger partial charge on any atom is -0.321 e. The lowest BCUT2D eigenvalue weighted by Gasteiger charge is -2.13. The smallest absolute Gasteiger partial charge is 0.129 e. The summed E-state index contributed by atoms with van der Waals surface area (Å²) < 4.78 is 13.4. The molecule has 0 amide bonds. The van der Waals surface area contributed by atoms with E-state index in [2.05, 4.69) is 0 Å². The van der Waals surface area contributed by atoms with Gasteiger partial charge >= 0.3 is 0 Å². The van der Waals surface area contributed by atoms with Crippen LogP contribution < -0.4 is 5.73 Å². The molecule has 2 atom stereocenters. The molecule has 0 heterocycles. The molecule has 2 N–H and O–H groups in total. The monoisotopic (exact) mass is 199 g/mol. The van der Waals surface area contributed by atoms with Crippen molar-refractivity contribution in [2.24, 2.45) is 11.7 Å².